The molecule has 1 aliphatic carbocycles. The zero-order valence-electron chi connectivity index (χ0n) is 15.7. The Morgan fingerprint density at radius 2 is 2.19 bits per heavy atom. The van der Waals surface area contributed by atoms with Crippen molar-refractivity contribution in [3.8, 4) is 0 Å². The molecular formula is C20H28N4OS. The number of hydrogen-bond acceptors (Lipinski definition) is 4. The number of likely N-dealkylation sites (tertiary alicyclic amines) is 1. The van der Waals surface area contributed by atoms with E-state index >= 15 is 0 Å². The van der Waals surface area contributed by atoms with E-state index in [1.807, 2.05) is 6.20 Å². The van der Waals surface area contributed by atoms with Crippen LogP contribution >= 0.6 is 11.3 Å². The predicted octanol–water partition coefficient (Wildman–Crippen LogP) is 3.37. The molecule has 1 atom stereocenters. The monoisotopic (exact) mass is 372 g/mol. The Morgan fingerprint density at radius 3 is 2.85 bits per heavy atom. The van der Waals surface area contributed by atoms with Crippen LogP contribution in [0.1, 0.15) is 44.4 Å². The lowest BCUT2D eigenvalue weighted by atomic mass is 9.92. The first-order chi connectivity index (χ1) is 12.6. The largest absolute Gasteiger partial charge is 0.335 e. The minimum Gasteiger partial charge on any atom is -0.335 e. The average molecular weight is 373 g/mol. The van der Waals surface area contributed by atoms with Crippen LogP contribution in [0.4, 0.5) is 0 Å². The van der Waals surface area contributed by atoms with Gasteiger partial charge in [0.1, 0.15) is 0 Å². The van der Waals surface area contributed by atoms with E-state index in [2.05, 4.69) is 49.4 Å². The van der Waals surface area contributed by atoms with Gasteiger partial charge in [0.2, 0.25) is 5.91 Å². The number of piperidine rings is 1. The van der Waals surface area contributed by atoms with Gasteiger partial charge in [-0.3, -0.25) is 14.4 Å². The van der Waals surface area contributed by atoms with E-state index < -0.39 is 0 Å². The standard InChI is InChI=1S/C20H28N4OS/c1-3-24-18(4-8-21-24)14-22-9-6-20(7-10-22)12-19(20)23(16(2)25)13-17-5-11-26-15-17/h4-5,8,11,15,19H,3,6-7,9-10,12-14H2,1-2H3/t19-/m0/s1. The Morgan fingerprint density at radius 1 is 1.38 bits per heavy atom. The van der Waals surface area contributed by atoms with Crippen molar-refractivity contribution in [3.05, 3.63) is 40.3 Å². The number of rotatable bonds is 6. The minimum atomic E-state index is 0.215. The molecule has 1 saturated carbocycles. The summed E-state index contributed by atoms with van der Waals surface area (Å²) in [6, 6.07) is 4.70. The normalized spacial score (nSPS) is 21.8. The molecular weight excluding hydrogens is 344 g/mol. The molecule has 140 valence electrons. The van der Waals surface area contributed by atoms with Crippen molar-refractivity contribution in [2.45, 2.75) is 58.8 Å². The highest BCUT2D eigenvalue weighted by Gasteiger charge is 2.58. The summed E-state index contributed by atoms with van der Waals surface area (Å²) >= 11 is 1.71. The lowest BCUT2D eigenvalue weighted by molar-refractivity contribution is -0.130. The van der Waals surface area contributed by atoms with Gasteiger partial charge in [-0.2, -0.15) is 16.4 Å². The molecule has 26 heavy (non-hydrogen) atoms. The molecule has 1 aliphatic heterocycles. The van der Waals surface area contributed by atoms with Crippen molar-refractivity contribution in [2.24, 2.45) is 5.41 Å². The SMILES string of the molecule is CCn1nccc1CN1CCC2(CC1)C[C@@H]2N(Cc1ccsc1)C(C)=O. The molecule has 2 aromatic heterocycles. The zero-order chi connectivity index (χ0) is 18.1. The lowest BCUT2D eigenvalue weighted by Crippen LogP contribution is -2.40. The molecule has 1 amide bonds. The zero-order valence-corrected chi connectivity index (χ0v) is 16.5. The maximum atomic E-state index is 12.2. The number of carbonyl (C=O) groups is 1. The summed E-state index contributed by atoms with van der Waals surface area (Å²) in [5.41, 5.74) is 2.93. The second kappa shape index (κ2) is 7.16. The molecule has 1 spiro atoms. The summed E-state index contributed by atoms with van der Waals surface area (Å²) in [4.78, 5) is 16.9. The van der Waals surface area contributed by atoms with Crippen LogP contribution in [-0.2, 0) is 24.4 Å². The molecule has 5 nitrogen and oxygen atoms in total. The fourth-order valence-electron chi connectivity index (χ4n) is 4.49. The van der Waals surface area contributed by atoms with Crippen molar-refractivity contribution in [2.75, 3.05) is 13.1 Å². The number of aromatic nitrogens is 2. The Labute approximate surface area is 159 Å². The first-order valence-corrected chi connectivity index (χ1v) is 10.6. The Balaban J connectivity index is 1.35. The van der Waals surface area contributed by atoms with E-state index in [0.717, 1.165) is 32.7 Å². The number of amides is 1. The molecule has 0 bridgehead atoms. The van der Waals surface area contributed by atoms with Gasteiger partial charge in [0.05, 0.1) is 5.69 Å². The molecule has 2 aromatic rings. The van der Waals surface area contributed by atoms with Gasteiger partial charge in [-0.1, -0.05) is 0 Å². The summed E-state index contributed by atoms with van der Waals surface area (Å²) < 4.78 is 2.09. The maximum absolute atomic E-state index is 12.2. The third kappa shape index (κ3) is 3.45. The van der Waals surface area contributed by atoms with E-state index in [1.54, 1.807) is 18.3 Å². The summed E-state index contributed by atoms with van der Waals surface area (Å²) in [6.45, 7) is 8.79. The van der Waals surface area contributed by atoms with Crippen LogP contribution in [0.15, 0.2) is 29.1 Å². The van der Waals surface area contributed by atoms with Crippen molar-refractivity contribution < 1.29 is 4.79 Å². The van der Waals surface area contributed by atoms with Crippen molar-refractivity contribution in [1.82, 2.24) is 19.6 Å². The second-order valence-electron chi connectivity index (χ2n) is 7.78. The third-order valence-electron chi connectivity index (χ3n) is 6.20. The fourth-order valence-corrected chi connectivity index (χ4v) is 5.15. The smallest absolute Gasteiger partial charge is 0.220 e. The molecule has 1 saturated heterocycles. The van der Waals surface area contributed by atoms with E-state index in [1.165, 1.54) is 30.5 Å². The van der Waals surface area contributed by atoms with Gasteiger partial charge in [0.15, 0.2) is 0 Å². The Kier molecular flexibility index (Phi) is 4.88. The van der Waals surface area contributed by atoms with Gasteiger partial charge in [-0.15, -0.1) is 0 Å². The fraction of sp³-hybridized carbons (Fsp3) is 0.600. The van der Waals surface area contributed by atoms with Crippen LogP contribution in [0.25, 0.3) is 0 Å². The lowest BCUT2D eigenvalue weighted by Gasteiger charge is -2.34. The van der Waals surface area contributed by atoms with Crippen LogP contribution in [0.3, 0.4) is 0 Å². The molecule has 3 heterocycles. The average Bonchev–Trinajstić information content (AvgIpc) is 3.01. The molecule has 4 rings (SSSR count). The summed E-state index contributed by atoms with van der Waals surface area (Å²) in [5, 5.41) is 8.63. The predicted molar refractivity (Wildman–Crippen MR) is 104 cm³/mol. The van der Waals surface area contributed by atoms with Gasteiger partial charge in [-0.25, -0.2) is 0 Å². The van der Waals surface area contributed by atoms with Crippen molar-refractivity contribution >= 4 is 17.2 Å². The van der Waals surface area contributed by atoms with E-state index in [-0.39, 0.29) is 5.91 Å². The van der Waals surface area contributed by atoms with Crippen LogP contribution in [-0.4, -0.2) is 44.6 Å². The Hall–Kier alpha value is -1.66. The van der Waals surface area contributed by atoms with E-state index in [0.29, 0.717) is 11.5 Å². The molecule has 0 radical (unpaired) electrons. The van der Waals surface area contributed by atoms with Gasteiger partial charge >= 0.3 is 0 Å². The molecule has 2 aliphatic rings. The molecule has 2 fully saturated rings. The highest BCUT2D eigenvalue weighted by Crippen LogP contribution is 2.57. The van der Waals surface area contributed by atoms with Crippen LogP contribution < -0.4 is 0 Å². The molecule has 0 N–H and O–H groups in total. The van der Waals surface area contributed by atoms with Crippen molar-refractivity contribution in [1.29, 1.82) is 0 Å². The van der Waals surface area contributed by atoms with Gasteiger partial charge in [0, 0.05) is 38.8 Å². The minimum absolute atomic E-state index is 0.215. The molecule has 6 heteroatoms. The van der Waals surface area contributed by atoms with Crippen molar-refractivity contribution in [3.63, 3.8) is 0 Å². The quantitative estimate of drug-likeness (QED) is 0.781. The van der Waals surface area contributed by atoms with Gasteiger partial charge in [0.25, 0.3) is 0 Å². The second-order valence-corrected chi connectivity index (χ2v) is 8.56. The Bertz CT molecular complexity index is 746. The maximum Gasteiger partial charge on any atom is 0.220 e. The van der Waals surface area contributed by atoms with Gasteiger partial charge < -0.3 is 4.90 Å². The molecule has 0 aromatic carbocycles. The summed E-state index contributed by atoms with van der Waals surface area (Å²) in [6.07, 6.45) is 5.48. The van der Waals surface area contributed by atoms with Gasteiger partial charge in [-0.05, 0) is 73.1 Å². The first-order valence-electron chi connectivity index (χ1n) is 9.62. The summed E-state index contributed by atoms with van der Waals surface area (Å²) in [5.74, 6) is 0.215. The highest BCUT2D eigenvalue weighted by molar-refractivity contribution is 7.07. The number of nitrogens with zero attached hydrogens (tertiary/aromatic N) is 4. The molecule has 0 unspecified atom stereocenters. The summed E-state index contributed by atoms with van der Waals surface area (Å²) in [7, 11) is 0. The number of hydrogen-bond donors (Lipinski definition) is 0. The number of aryl methyl sites for hydroxylation is 1. The number of thiophene rings is 1. The van der Waals surface area contributed by atoms with E-state index in [4.69, 9.17) is 0 Å². The third-order valence-corrected chi connectivity index (χ3v) is 6.93. The number of carbonyl (C=O) groups excluding carboxylic acids is 1. The van der Waals surface area contributed by atoms with E-state index in [9.17, 15) is 4.79 Å². The topological polar surface area (TPSA) is 41.4 Å². The first kappa shape index (κ1) is 17.7. The van der Waals surface area contributed by atoms with Crippen LogP contribution in [0.2, 0.25) is 0 Å². The van der Waals surface area contributed by atoms with Crippen LogP contribution in [0.5, 0.6) is 0 Å². The highest BCUT2D eigenvalue weighted by atomic mass is 32.1. The van der Waals surface area contributed by atoms with Crippen LogP contribution in [0, 0.1) is 5.41 Å².